The Kier molecular flexibility index (Phi) is 5.69. The Morgan fingerprint density at radius 3 is 2.38 bits per heavy atom. The highest BCUT2D eigenvalue weighted by molar-refractivity contribution is 7.99. The average molecular weight is 302 g/mol. The Morgan fingerprint density at radius 1 is 1.05 bits per heavy atom. The molecular weight excluding hydrogens is 284 g/mol. The van der Waals surface area contributed by atoms with Crippen molar-refractivity contribution in [3.05, 3.63) is 53.6 Å². The first-order valence-electron chi connectivity index (χ1n) is 6.66. The molecule has 0 saturated carbocycles. The fourth-order valence-electron chi connectivity index (χ4n) is 2.02. The highest BCUT2D eigenvalue weighted by Crippen LogP contribution is 2.35. The number of methoxy groups -OCH3 is 2. The predicted octanol–water partition coefficient (Wildman–Crippen LogP) is 3.85. The summed E-state index contributed by atoms with van der Waals surface area (Å²) in [7, 11) is 3.17. The van der Waals surface area contributed by atoms with Crippen LogP contribution in [0.2, 0.25) is 0 Å². The number of aldehydes is 1. The van der Waals surface area contributed by atoms with Crippen LogP contribution in [-0.2, 0) is 6.42 Å². The van der Waals surface area contributed by atoms with Gasteiger partial charge in [-0.05, 0) is 24.1 Å². The van der Waals surface area contributed by atoms with Crippen LogP contribution < -0.4 is 9.47 Å². The number of benzene rings is 2. The summed E-state index contributed by atoms with van der Waals surface area (Å²) in [5.74, 6) is 2.22. The van der Waals surface area contributed by atoms with E-state index >= 15 is 0 Å². The van der Waals surface area contributed by atoms with Crippen molar-refractivity contribution in [1.29, 1.82) is 0 Å². The Bertz CT molecular complexity index is 596. The van der Waals surface area contributed by atoms with Crippen molar-refractivity contribution in [3.8, 4) is 11.5 Å². The molecule has 0 spiro atoms. The topological polar surface area (TPSA) is 35.5 Å². The SMILES string of the molecule is COc1cc(SCCc2ccccc2)c(OC)cc1C=O. The maximum Gasteiger partial charge on any atom is 0.153 e. The zero-order valence-corrected chi connectivity index (χ0v) is 13.0. The Labute approximate surface area is 129 Å². The summed E-state index contributed by atoms with van der Waals surface area (Å²) in [5.41, 5.74) is 1.81. The van der Waals surface area contributed by atoms with E-state index < -0.39 is 0 Å². The second-order valence-electron chi connectivity index (χ2n) is 4.45. The first-order valence-corrected chi connectivity index (χ1v) is 7.65. The van der Waals surface area contributed by atoms with E-state index in [1.54, 1.807) is 32.0 Å². The molecule has 0 amide bonds. The minimum absolute atomic E-state index is 0.502. The van der Waals surface area contributed by atoms with Crippen molar-refractivity contribution in [1.82, 2.24) is 0 Å². The molecule has 0 aliphatic rings. The van der Waals surface area contributed by atoms with Crippen LogP contribution in [0.1, 0.15) is 15.9 Å². The zero-order chi connectivity index (χ0) is 15.1. The van der Waals surface area contributed by atoms with Gasteiger partial charge in [0, 0.05) is 5.75 Å². The van der Waals surface area contributed by atoms with E-state index in [0.717, 1.165) is 23.4 Å². The molecule has 0 bridgehead atoms. The van der Waals surface area contributed by atoms with Crippen LogP contribution in [0, 0.1) is 0 Å². The van der Waals surface area contributed by atoms with Crippen LogP contribution in [0.15, 0.2) is 47.4 Å². The minimum Gasteiger partial charge on any atom is -0.496 e. The summed E-state index contributed by atoms with van der Waals surface area (Å²) in [4.78, 5) is 12.0. The lowest BCUT2D eigenvalue weighted by Gasteiger charge is -2.12. The molecule has 2 aromatic carbocycles. The number of aryl methyl sites for hydroxylation is 1. The number of hydrogen-bond acceptors (Lipinski definition) is 4. The van der Waals surface area contributed by atoms with Crippen molar-refractivity contribution < 1.29 is 14.3 Å². The van der Waals surface area contributed by atoms with E-state index in [-0.39, 0.29) is 0 Å². The van der Waals surface area contributed by atoms with E-state index in [0.29, 0.717) is 17.1 Å². The van der Waals surface area contributed by atoms with Crippen LogP contribution in [-0.4, -0.2) is 26.3 Å². The van der Waals surface area contributed by atoms with Gasteiger partial charge in [0.05, 0.1) is 24.7 Å². The molecule has 0 heterocycles. The molecule has 21 heavy (non-hydrogen) atoms. The molecule has 4 heteroatoms. The molecular formula is C17H18O3S. The van der Waals surface area contributed by atoms with Crippen LogP contribution >= 0.6 is 11.8 Å². The fraction of sp³-hybridized carbons (Fsp3) is 0.235. The molecule has 0 aromatic heterocycles. The molecule has 0 aliphatic carbocycles. The maximum atomic E-state index is 11.0. The molecule has 0 unspecified atom stereocenters. The third-order valence-corrected chi connectivity index (χ3v) is 4.17. The van der Waals surface area contributed by atoms with Gasteiger partial charge in [-0.1, -0.05) is 30.3 Å². The van der Waals surface area contributed by atoms with Gasteiger partial charge >= 0.3 is 0 Å². The van der Waals surface area contributed by atoms with Crippen molar-refractivity contribution in [3.63, 3.8) is 0 Å². The van der Waals surface area contributed by atoms with E-state index in [9.17, 15) is 4.79 Å². The molecule has 0 aliphatic heterocycles. The lowest BCUT2D eigenvalue weighted by molar-refractivity contribution is 0.112. The van der Waals surface area contributed by atoms with Gasteiger partial charge in [-0.2, -0.15) is 0 Å². The standard InChI is InChI=1S/C17H18O3S/c1-19-15-11-17(16(20-2)10-14(15)12-18)21-9-8-13-6-4-3-5-7-13/h3-7,10-12H,8-9H2,1-2H3. The largest absolute Gasteiger partial charge is 0.496 e. The van der Waals surface area contributed by atoms with Gasteiger partial charge in [0.25, 0.3) is 0 Å². The monoisotopic (exact) mass is 302 g/mol. The van der Waals surface area contributed by atoms with Gasteiger partial charge in [-0.25, -0.2) is 0 Å². The highest BCUT2D eigenvalue weighted by Gasteiger charge is 2.11. The fourth-order valence-corrected chi connectivity index (χ4v) is 3.05. The molecule has 3 nitrogen and oxygen atoms in total. The van der Waals surface area contributed by atoms with Crippen LogP contribution in [0.5, 0.6) is 11.5 Å². The highest BCUT2D eigenvalue weighted by atomic mass is 32.2. The van der Waals surface area contributed by atoms with Gasteiger partial charge in [0.2, 0.25) is 0 Å². The van der Waals surface area contributed by atoms with Gasteiger partial charge in [-0.15, -0.1) is 11.8 Å². The number of carbonyl (C=O) groups excluding carboxylic acids is 1. The number of ether oxygens (including phenoxy) is 2. The van der Waals surface area contributed by atoms with Crippen molar-refractivity contribution in [2.75, 3.05) is 20.0 Å². The lowest BCUT2D eigenvalue weighted by atomic mass is 10.2. The smallest absolute Gasteiger partial charge is 0.153 e. The van der Waals surface area contributed by atoms with Crippen LogP contribution in [0.4, 0.5) is 0 Å². The maximum absolute atomic E-state index is 11.0. The first kappa shape index (κ1) is 15.4. The quantitative estimate of drug-likeness (QED) is 0.575. The summed E-state index contributed by atoms with van der Waals surface area (Å²) in [6, 6.07) is 13.9. The van der Waals surface area contributed by atoms with E-state index in [1.165, 1.54) is 5.56 Å². The summed E-state index contributed by atoms with van der Waals surface area (Å²) in [5, 5.41) is 0. The number of hydrogen-bond donors (Lipinski definition) is 0. The van der Waals surface area contributed by atoms with Gasteiger partial charge in [0.1, 0.15) is 11.5 Å². The van der Waals surface area contributed by atoms with Crippen LogP contribution in [0.3, 0.4) is 0 Å². The van der Waals surface area contributed by atoms with Gasteiger partial charge in [-0.3, -0.25) is 4.79 Å². The predicted molar refractivity (Wildman–Crippen MR) is 85.8 cm³/mol. The minimum atomic E-state index is 0.502. The van der Waals surface area contributed by atoms with Gasteiger partial charge in [0.15, 0.2) is 6.29 Å². The third kappa shape index (κ3) is 4.02. The van der Waals surface area contributed by atoms with Crippen molar-refractivity contribution in [2.24, 2.45) is 0 Å². The zero-order valence-electron chi connectivity index (χ0n) is 12.2. The number of rotatable bonds is 7. The summed E-state index contributed by atoms with van der Waals surface area (Å²) < 4.78 is 10.6. The first-order chi connectivity index (χ1) is 10.3. The summed E-state index contributed by atoms with van der Waals surface area (Å²) in [6.07, 6.45) is 1.76. The Morgan fingerprint density at radius 2 is 1.76 bits per heavy atom. The Balaban J connectivity index is 2.09. The number of carbonyl (C=O) groups is 1. The van der Waals surface area contributed by atoms with Crippen molar-refractivity contribution in [2.45, 2.75) is 11.3 Å². The van der Waals surface area contributed by atoms with Crippen LogP contribution in [0.25, 0.3) is 0 Å². The number of thioether (sulfide) groups is 1. The van der Waals surface area contributed by atoms with E-state index in [4.69, 9.17) is 9.47 Å². The molecule has 2 rings (SSSR count). The summed E-state index contributed by atoms with van der Waals surface area (Å²) in [6.45, 7) is 0. The van der Waals surface area contributed by atoms with E-state index in [1.807, 2.05) is 24.3 Å². The Hall–Kier alpha value is -1.94. The molecule has 0 radical (unpaired) electrons. The molecule has 110 valence electrons. The summed E-state index contributed by atoms with van der Waals surface area (Å²) >= 11 is 1.69. The third-order valence-electron chi connectivity index (χ3n) is 3.13. The molecule has 0 N–H and O–H groups in total. The normalized spacial score (nSPS) is 10.2. The second-order valence-corrected chi connectivity index (χ2v) is 5.58. The molecule has 0 atom stereocenters. The van der Waals surface area contributed by atoms with Crippen molar-refractivity contribution >= 4 is 18.0 Å². The lowest BCUT2D eigenvalue weighted by Crippen LogP contribution is -1.96. The molecule has 2 aromatic rings. The molecule has 0 saturated heterocycles. The molecule has 0 fully saturated rings. The second kappa shape index (κ2) is 7.74. The van der Waals surface area contributed by atoms with Gasteiger partial charge < -0.3 is 9.47 Å². The average Bonchev–Trinajstić information content (AvgIpc) is 2.55. The van der Waals surface area contributed by atoms with E-state index in [2.05, 4.69) is 12.1 Å².